The smallest absolute Gasteiger partial charge is 0.248 e. The molecule has 0 aromatic rings. The first-order chi connectivity index (χ1) is 8.33. The third kappa shape index (κ3) is 2.23. The van der Waals surface area contributed by atoms with E-state index in [-0.39, 0.29) is 30.0 Å². The second-order valence-electron chi connectivity index (χ2n) is 5.86. The van der Waals surface area contributed by atoms with E-state index in [1.165, 1.54) is 0 Å². The molecule has 0 spiro atoms. The molecule has 2 amide bonds. The molecule has 0 bridgehead atoms. The zero-order valence-corrected chi connectivity index (χ0v) is 11.5. The van der Waals surface area contributed by atoms with Crippen LogP contribution in [-0.2, 0) is 14.3 Å². The third-order valence-corrected chi connectivity index (χ3v) is 3.85. The molecule has 102 valence electrons. The van der Waals surface area contributed by atoms with Crippen LogP contribution in [0.3, 0.4) is 0 Å². The summed E-state index contributed by atoms with van der Waals surface area (Å²) in [6, 6.07) is -0.276. The second-order valence-corrected chi connectivity index (χ2v) is 5.86. The van der Waals surface area contributed by atoms with E-state index >= 15 is 0 Å². The van der Waals surface area contributed by atoms with Gasteiger partial charge in [-0.1, -0.05) is 0 Å². The van der Waals surface area contributed by atoms with E-state index in [0.717, 1.165) is 12.8 Å². The minimum Gasteiger partial charge on any atom is -0.378 e. The normalized spacial score (nSPS) is 36.4. The summed E-state index contributed by atoms with van der Waals surface area (Å²) in [5.74, 6) is -0.0626. The number of hydrogen-bond donors (Lipinski definition) is 1. The zero-order chi connectivity index (χ0) is 13.5. The van der Waals surface area contributed by atoms with Crippen molar-refractivity contribution in [2.24, 2.45) is 0 Å². The number of nitrogens with one attached hydrogen (secondary N) is 1. The van der Waals surface area contributed by atoms with E-state index < -0.39 is 5.54 Å². The van der Waals surface area contributed by atoms with Gasteiger partial charge in [0.15, 0.2) is 0 Å². The average molecular weight is 254 g/mol. The van der Waals surface area contributed by atoms with Crippen LogP contribution in [0.4, 0.5) is 0 Å². The van der Waals surface area contributed by atoms with Crippen molar-refractivity contribution in [3.63, 3.8) is 0 Å². The third-order valence-electron chi connectivity index (χ3n) is 3.85. The summed E-state index contributed by atoms with van der Waals surface area (Å²) in [6.45, 7) is 7.98. The highest BCUT2D eigenvalue weighted by Crippen LogP contribution is 2.26. The SMILES string of the molecule is CC1CC(N2C(=O)C(C)(C)NC(=O)C2C)CCO1. The Balaban J connectivity index is 2.22. The maximum absolute atomic E-state index is 12.5. The Kier molecular flexibility index (Phi) is 3.36. The number of amides is 2. The Morgan fingerprint density at radius 2 is 2.00 bits per heavy atom. The molecule has 5 heteroatoms. The molecule has 0 aromatic heterocycles. The molecule has 3 atom stereocenters. The Labute approximate surface area is 108 Å². The quantitative estimate of drug-likeness (QED) is 0.748. The summed E-state index contributed by atoms with van der Waals surface area (Å²) >= 11 is 0. The van der Waals surface area contributed by atoms with Crippen LogP contribution >= 0.6 is 0 Å². The number of piperazine rings is 1. The molecule has 3 unspecified atom stereocenters. The van der Waals surface area contributed by atoms with Gasteiger partial charge >= 0.3 is 0 Å². The molecule has 2 fully saturated rings. The van der Waals surface area contributed by atoms with E-state index in [0.29, 0.717) is 6.61 Å². The Morgan fingerprint density at radius 1 is 1.33 bits per heavy atom. The van der Waals surface area contributed by atoms with Gasteiger partial charge in [-0.25, -0.2) is 0 Å². The fourth-order valence-electron chi connectivity index (χ4n) is 2.80. The standard InChI is InChI=1S/C13H22N2O3/c1-8-7-10(5-6-18-8)15-9(2)11(16)14-13(3,4)12(15)17/h8-10H,5-7H2,1-4H3,(H,14,16). The number of rotatable bonds is 1. The van der Waals surface area contributed by atoms with Crippen LogP contribution in [-0.4, -0.2) is 47.0 Å². The van der Waals surface area contributed by atoms with Gasteiger partial charge in [0, 0.05) is 12.6 Å². The average Bonchev–Trinajstić information content (AvgIpc) is 2.27. The number of ether oxygens (including phenoxy) is 1. The topological polar surface area (TPSA) is 58.6 Å². The predicted molar refractivity (Wildman–Crippen MR) is 67.0 cm³/mol. The number of hydrogen-bond acceptors (Lipinski definition) is 3. The van der Waals surface area contributed by atoms with Gasteiger partial charge in [0.05, 0.1) is 6.10 Å². The van der Waals surface area contributed by atoms with E-state index in [2.05, 4.69) is 5.32 Å². The van der Waals surface area contributed by atoms with E-state index in [4.69, 9.17) is 4.74 Å². The molecule has 2 aliphatic heterocycles. The monoisotopic (exact) mass is 254 g/mol. The summed E-state index contributed by atoms with van der Waals surface area (Å²) in [5.41, 5.74) is -0.800. The molecule has 5 nitrogen and oxygen atoms in total. The first-order valence-corrected chi connectivity index (χ1v) is 6.59. The molecular formula is C13H22N2O3. The van der Waals surface area contributed by atoms with Gasteiger partial charge < -0.3 is 15.0 Å². The summed E-state index contributed by atoms with van der Waals surface area (Å²) in [6.07, 6.45) is 1.76. The fourth-order valence-corrected chi connectivity index (χ4v) is 2.80. The lowest BCUT2D eigenvalue weighted by Gasteiger charge is -2.47. The Morgan fingerprint density at radius 3 is 2.61 bits per heavy atom. The highest BCUT2D eigenvalue weighted by Gasteiger charge is 2.46. The molecule has 1 N–H and O–H groups in total. The summed E-state index contributed by atoms with van der Waals surface area (Å²) < 4.78 is 5.51. The van der Waals surface area contributed by atoms with Crippen molar-refractivity contribution in [2.45, 2.75) is 64.3 Å². The molecule has 2 saturated heterocycles. The largest absolute Gasteiger partial charge is 0.378 e. The fraction of sp³-hybridized carbons (Fsp3) is 0.846. The van der Waals surface area contributed by atoms with Gasteiger partial charge in [-0.2, -0.15) is 0 Å². The maximum atomic E-state index is 12.5. The predicted octanol–water partition coefficient (Wildman–Crippen LogP) is 0.679. The Bertz CT molecular complexity index is 367. The van der Waals surface area contributed by atoms with Gasteiger partial charge in [-0.3, -0.25) is 9.59 Å². The van der Waals surface area contributed by atoms with Gasteiger partial charge in [0.2, 0.25) is 11.8 Å². The lowest BCUT2D eigenvalue weighted by Crippen LogP contribution is -2.69. The van der Waals surface area contributed by atoms with Crippen LogP contribution in [0.1, 0.15) is 40.5 Å². The van der Waals surface area contributed by atoms with Gasteiger partial charge in [-0.05, 0) is 40.5 Å². The molecule has 0 aromatic carbocycles. The minimum atomic E-state index is -0.800. The molecule has 2 heterocycles. The van der Waals surface area contributed by atoms with E-state index in [1.807, 2.05) is 6.92 Å². The highest BCUT2D eigenvalue weighted by atomic mass is 16.5. The summed E-state index contributed by atoms with van der Waals surface area (Å²) in [5, 5.41) is 2.77. The molecule has 2 aliphatic rings. The Hall–Kier alpha value is -1.10. The van der Waals surface area contributed by atoms with E-state index in [1.54, 1.807) is 25.7 Å². The molecule has 0 aliphatic carbocycles. The van der Waals surface area contributed by atoms with Crippen molar-refractivity contribution in [1.29, 1.82) is 0 Å². The van der Waals surface area contributed by atoms with Crippen LogP contribution in [0.25, 0.3) is 0 Å². The van der Waals surface area contributed by atoms with Crippen molar-refractivity contribution < 1.29 is 14.3 Å². The minimum absolute atomic E-state index is 0.00806. The van der Waals surface area contributed by atoms with Gasteiger partial charge in [-0.15, -0.1) is 0 Å². The van der Waals surface area contributed by atoms with Crippen molar-refractivity contribution in [3.8, 4) is 0 Å². The van der Waals surface area contributed by atoms with Crippen LogP contribution in [0, 0.1) is 0 Å². The maximum Gasteiger partial charge on any atom is 0.248 e. The first-order valence-electron chi connectivity index (χ1n) is 6.59. The molecule has 18 heavy (non-hydrogen) atoms. The molecule has 0 saturated carbocycles. The van der Waals surface area contributed by atoms with Crippen LogP contribution in [0.2, 0.25) is 0 Å². The molecule has 2 rings (SSSR count). The lowest BCUT2D eigenvalue weighted by molar-refractivity contribution is -0.158. The molecular weight excluding hydrogens is 232 g/mol. The van der Waals surface area contributed by atoms with Crippen molar-refractivity contribution in [3.05, 3.63) is 0 Å². The zero-order valence-electron chi connectivity index (χ0n) is 11.5. The number of nitrogens with zero attached hydrogens (tertiary/aromatic N) is 1. The number of carbonyl (C=O) groups excluding carboxylic acids is 2. The summed E-state index contributed by atoms with van der Waals surface area (Å²) in [7, 11) is 0. The van der Waals surface area contributed by atoms with Crippen molar-refractivity contribution in [1.82, 2.24) is 10.2 Å². The van der Waals surface area contributed by atoms with Crippen LogP contribution < -0.4 is 5.32 Å². The van der Waals surface area contributed by atoms with Gasteiger partial charge in [0.1, 0.15) is 11.6 Å². The van der Waals surface area contributed by atoms with Crippen molar-refractivity contribution in [2.75, 3.05) is 6.61 Å². The van der Waals surface area contributed by atoms with Crippen molar-refractivity contribution >= 4 is 11.8 Å². The van der Waals surface area contributed by atoms with Crippen LogP contribution in [0.15, 0.2) is 0 Å². The summed E-state index contributed by atoms with van der Waals surface area (Å²) in [4.78, 5) is 26.2. The van der Waals surface area contributed by atoms with Gasteiger partial charge in [0.25, 0.3) is 0 Å². The first kappa shape index (κ1) is 13.3. The van der Waals surface area contributed by atoms with Crippen LogP contribution in [0.5, 0.6) is 0 Å². The lowest BCUT2D eigenvalue weighted by atomic mass is 9.92. The van der Waals surface area contributed by atoms with E-state index in [9.17, 15) is 9.59 Å². The molecule has 0 radical (unpaired) electrons. The highest BCUT2D eigenvalue weighted by molar-refractivity contribution is 5.99. The second kappa shape index (κ2) is 4.53. The number of carbonyl (C=O) groups is 2.